The van der Waals surface area contributed by atoms with Crippen LogP contribution in [0.15, 0.2) is 30.5 Å². The van der Waals surface area contributed by atoms with Crippen molar-refractivity contribution in [1.29, 1.82) is 0 Å². The van der Waals surface area contributed by atoms with E-state index in [-0.39, 0.29) is 12.3 Å². The third-order valence-electron chi connectivity index (χ3n) is 3.46. The molecule has 6 heteroatoms. The number of para-hydroxylation sites is 1. The normalized spacial score (nSPS) is 12.0. The fourth-order valence-corrected chi connectivity index (χ4v) is 2.29. The lowest BCUT2D eigenvalue weighted by atomic mass is 10.1. The van der Waals surface area contributed by atoms with Gasteiger partial charge in [0, 0.05) is 6.04 Å². The van der Waals surface area contributed by atoms with Crippen LogP contribution in [0.2, 0.25) is 0 Å². The number of nitrogens with one attached hydrogen (secondary N) is 1. The number of hydrogen-bond acceptors (Lipinski definition) is 3. The van der Waals surface area contributed by atoms with Gasteiger partial charge in [0.2, 0.25) is 0 Å². The van der Waals surface area contributed by atoms with E-state index in [4.69, 9.17) is 5.11 Å². The highest BCUT2D eigenvalue weighted by Gasteiger charge is 2.18. The van der Waals surface area contributed by atoms with E-state index in [0.29, 0.717) is 11.3 Å². The fourth-order valence-electron chi connectivity index (χ4n) is 2.29. The third kappa shape index (κ3) is 3.33. The van der Waals surface area contributed by atoms with Crippen molar-refractivity contribution in [2.45, 2.75) is 33.2 Å². The molecular weight excluding hydrogens is 282 g/mol. The molecule has 0 unspecified atom stereocenters. The predicted molar refractivity (Wildman–Crippen MR) is 82.2 cm³/mol. The summed E-state index contributed by atoms with van der Waals surface area (Å²) < 4.78 is 1.71. The number of carbonyl (C=O) groups is 2. The molecule has 116 valence electrons. The number of nitrogens with zero attached hydrogens (tertiary/aromatic N) is 2. The van der Waals surface area contributed by atoms with Crippen molar-refractivity contribution >= 4 is 11.9 Å². The zero-order valence-electron chi connectivity index (χ0n) is 12.8. The van der Waals surface area contributed by atoms with E-state index >= 15 is 0 Å². The Morgan fingerprint density at radius 1 is 1.32 bits per heavy atom. The van der Waals surface area contributed by atoms with Crippen LogP contribution in [0.5, 0.6) is 0 Å². The van der Waals surface area contributed by atoms with Gasteiger partial charge in [-0.25, -0.2) is 4.68 Å². The van der Waals surface area contributed by atoms with E-state index in [1.807, 2.05) is 38.1 Å². The number of aromatic nitrogens is 2. The number of carbonyl (C=O) groups excluding carboxylic acids is 1. The zero-order valence-corrected chi connectivity index (χ0v) is 12.8. The van der Waals surface area contributed by atoms with E-state index in [0.717, 1.165) is 11.3 Å². The van der Waals surface area contributed by atoms with E-state index in [9.17, 15) is 9.59 Å². The Hall–Kier alpha value is -2.63. The average molecular weight is 301 g/mol. The third-order valence-corrected chi connectivity index (χ3v) is 3.46. The minimum Gasteiger partial charge on any atom is -0.481 e. The van der Waals surface area contributed by atoms with E-state index in [1.165, 1.54) is 6.20 Å². The number of aryl methyl sites for hydroxylation is 1. The molecule has 0 aliphatic carbocycles. The van der Waals surface area contributed by atoms with Crippen molar-refractivity contribution in [3.05, 3.63) is 47.3 Å². The summed E-state index contributed by atoms with van der Waals surface area (Å²) in [5, 5.41) is 15.7. The molecule has 0 fully saturated rings. The van der Waals surface area contributed by atoms with Crippen LogP contribution in [0.4, 0.5) is 0 Å². The number of hydrogen-bond donors (Lipinski definition) is 2. The minimum absolute atomic E-state index is 0.114. The summed E-state index contributed by atoms with van der Waals surface area (Å²) in [4.78, 5) is 22.9. The SMILES string of the molecule is Cc1ccccc1-n1ncc(C(=O)N[C@@H](C)CC(=O)O)c1C. The van der Waals surface area contributed by atoms with Crippen LogP contribution < -0.4 is 5.32 Å². The fraction of sp³-hybridized carbons (Fsp3) is 0.312. The average Bonchev–Trinajstić information content (AvgIpc) is 2.80. The number of amides is 1. The van der Waals surface area contributed by atoms with Crippen molar-refractivity contribution in [2.75, 3.05) is 0 Å². The van der Waals surface area contributed by atoms with Crippen LogP contribution in [-0.2, 0) is 4.79 Å². The Morgan fingerprint density at radius 2 is 2.00 bits per heavy atom. The molecule has 0 aliphatic heterocycles. The van der Waals surface area contributed by atoms with Gasteiger partial charge in [0.15, 0.2) is 0 Å². The number of carboxylic acid groups (broad SMARTS) is 1. The van der Waals surface area contributed by atoms with E-state index in [2.05, 4.69) is 10.4 Å². The smallest absolute Gasteiger partial charge is 0.305 e. The van der Waals surface area contributed by atoms with Gasteiger partial charge in [-0.1, -0.05) is 18.2 Å². The van der Waals surface area contributed by atoms with Crippen LogP contribution in [0.25, 0.3) is 5.69 Å². The molecule has 22 heavy (non-hydrogen) atoms. The van der Waals surface area contributed by atoms with Gasteiger partial charge in [-0.15, -0.1) is 0 Å². The molecule has 0 saturated carbocycles. The monoisotopic (exact) mass is 301 g/mol. The molecule has 2 aromatic rings. The van der Waals surface area contributed by atoms with Gasteiger partial charge >= 0.3 is 5.97 Å². The Labute approximate surface area is 128 Å². The summed E-state index contributed by atoms with van der Waals surface area (Å²) in [5.74, 6) is -1.26. The second-order valence-corrected chi connectivity index (χ2v) is 5.31. The van der Waals surface area contributed by atoms with Crippen LogP contribution in [0, 0.1) is 13.8 Å². The maximum atomic E-state index is 12.2. The largest absolute Gasteiger partial charge is 0.481 e. The summed E-state index contributed by atoms with van der Waals surface area (Å²) in [6.45, 7) is 5.45. The first-order valence-electron chi connectivity index (χ1n) is 7.03. The Kier molecular flexibility index (Phi) is 4.60. The quantitative estimate of drug-likeness (QED) is 0.885. The van der Waals surface area contributed by atoms with Crippen molar-refractivity contribution in [2.24, 2.45) is 0 Å². The number of carboxylic acids is 1. The molecule has 1 aromatic carbocycles. The van der Waals surface area contributed by atoms with Crippen LogP contribution >= 0.6 is 0 Å². The first-order valence-corrected chi connectivity index (χ1v) is 7.03. The van der Waals surface area contributed by atoms with Crippen molar-refractivity contribution in [3.63, 3.8) is 0 Å². The highest BCUT2D eigenvalue weighted by Crippen LogP contribution is 2.17. The zero-order chi connectivity index (χ0) is 16.3. The first kappa shape index (κ1) is 15.8. The summed E-state index contributed by atoms with van der Waals surface area (Å²) >= 11 is 0. The molecule has 1 amide bonds. The summed E-state index contributed by atoms with van der Waals surface area (Å²) in [6.07, 6.45) is 1.39. The number of aliphatic carboxylic acids is 1. The molecule has 2 rings (SSSR count). The van der Waals surface area contributed by atoms with Gasteiger partial charge in [-0.3, -0.25) is 9.59 Å². The van der Waals surface area contributed by atoms with E-state index in [1.54, 1.807) is 11.6 Å². The lowest BCUT2D eigenvalue weighted by Gasteiger charge is -2.12. The minimum atomic E-state index is -0.944. The Balaban J connectivity index is 2.23. The summed E-state index contributed by atoms with van der Waals surface area (Å²) in [5.41, 5.74) is 3.13. The molecule has 1 heterocycles. The predicted octanol–water partition coefficient (Wildman–Crippen LogP) is 2.08. The number of rotatable bonds is 5. The Morgan fingerprint density at radius 3 is 2.64 bits per heavy atom. The van der Waals surface area contributed by atoms with Crippen molar-refractivity contribution < 1.29 is 14.7 Å². The van der Waals surface area contributed by atoms with Crippen LogP contribution in [-0.4, -0.2) is 32.8 Å². The lowest BCUT2D eigenvalue weighted by Crippen LogP contribution is -2.34. The second-order valence-electron chi connectivity index (χ2n) is 5.31. The van der Waals surface area contributed by atoms with Gasteiger partial charge in [0.1, 0.15) is 0 Å². The maximum Gasteiger partial charge on any atom is 0.305 e. The number of benzene rings is 1. The molecular formula is C16H19N3O3. The summed E-state index contributed by atoms with van der Waals surface area (Å²) in [6, 6.07) is 7.33. The molecule has 0 aliphatic rings. The first-order chi connectivity index (χ1) is 10.4. The maximum absolute atomic E-state index is 12.2. The van der Waals surface area contributed by atoms with Gasteiger partial charge < -0.3 is 10.4 Å². The topological polar surface area (TPSA) is 84.2 Å². The molecule has 6 nitrogen and oxygen atoms in total. The molecule has 0 spiro atoms. The highest BCUT2D eigenvalue weighted by molar-refractivity contribution is 5.95. The van der Waals surface area contributed by atoms with Gasteiger partial charge in [-0.2, -0.15) is 5.10 Å². The van der Waals surface area contributed by atoms with Crippen LogP contribution in [0.3, 0.4) is 0 Å². The van der Waals surface area contributed by atoms with Crippen LogP contribution in [0.1, 0.15) is 35.0 Å². The highest BCUT2D eigenvalue weighted by atomic mass is 16.4. The lowest BCUT2D eigenvalue weighted by molar-refractivity contribution is -0.137. The van der Waals surface area contributed by atoms with Crippen molar-refractivity contribution in [1.82, 2.24) is 15.1 Å². The van der Waals surface area contributed by atoms with Gasteiger partial charge in [0.25, 0.3) is 5.91 Å². The van der Waals surface area contributed by atoms with Gasteiger partial charge in [-0.05, 0) is 32.4 Å². The second kappa shape index (κ2) is 6.43. The Bertz CT molecular complexity index is 706. The molecule has 0 radical (unpaired) electrons. The van der Waals surface area contributed by atoms with Crippen molar-refractivity contribution in [3.8, 4) is 5.69 Å². The molecule has 0 saturated heterocycles. The molecule has 0 bridgehead atoms. The molecule has 1 atom stereocenters. The standard InChI is InChI=1S/C16H19N3O3/c1-10-6-4-5-7-14(10)19-12(3)13(9-17-19)16(22)18-11(2)8-15(20)21/h4-7,9,11H,8H2,1-3H3,(H,18,22)(H,20,21)/t11-/m0/s1. The van der Waals surface area contributed by atoms with Gasteiger partial charge in [0.05, 0.1) is 29.6 Å². The van der Waals surface area contributed by atoms with E-state index < -0.39 is 12.0 Å². The molecule has 2 N–H and O–H groups in total. The summed E-state index contributed by atoms with van der Waals surface area (Å²) in [7, 11) is 0. The molecule has 1 aromatic heterocycles.